The fourth-order valence-corrected chi connectivity index (χ4v) is 2.81. The van der Waals surface area contributed by atoms with Crippen LogP contribution in [-0.4, -0.2) is 15.6 Å². The SMILES string of the molecule is N#C/C(=C/c1cnn(Cc2ccccc2)c1)C(=O)c1ccsc1. The van der Waals surface area contributed by atoms with E-state index >= 15 is 0 Å². The number of allylic oxidation sites excluding steroid dienone is 1. The molecule has 4 nitrogen and oxygen atoms in total. The van der Waals surface area contributed by atoms with Gasteiger partial charge in [0.2, 0.25) is 5.78 Å². The van der Waals surface area contributed by atoms with Crippen LogP contribution in [0, 0.1) is 11.3 Å². The third-order valence-electron chi connectivity index (χ3n) is 3.30. The summed E-state index contributed by atoms with van der Waals surface area (Å²) in [6.45, 7) is 0.648. The number of Topliss-reactive ketones (excluding diaryl/α,β-unsaturated/α-hetero) is 1. The predicted molar refractivity (Wildman–Crippen MR) is 90.0 cm³/mol. The van der Waals surface area contributed by atoms with Crippen LogP contribution in [0.3, 0.4) is 0 Å². The van der Waals surface area contributed by atoms with Crippen molar-refractivity contribution in [3.05, 3.63) is 81.8 Å². The lowest BCUT2D eigenvalue weighted by Gasteiger charge is -2.00. The first kappa shape index (κ1) is 14.9. The van der Waals surface area contributed by atoms with E-state index in [0.29, 0.717) is 12.1 Å². The van der Waals surface area contributed by atoms with Crippen LogP contribution in [0.25, 0.3) is 6.08 Å². The zero-order valence-electron chi connectivity index (χ0n) is 12.2. The van der Waals surface area contributed by atoms with Gasteiger partial charge in [0.25, 0.3) is 0 Å². The van der Waals surface area contributed by atoms with E-state index in [2.05, 4.69) is 5.10 Å². The van der Waals surface area contributed by atoms with E-state index in [-0.39, 0.29) is 11.4 Å². The van der Waals surface area contributed by atoms with Crippen molar-refractivity contribution in [1.29, 1.82) is 5.26 Å². The molecule has 5 heteroatoms. The number of nitriles is 1. The zero-order valence-corrected chi connectivity index (χ0v) is 13.0. The van der Waals surface area contributed by atoms with Gasteiger partial charge in [0.1, 0.15) is 11.6 Å². The standard InChI is InChI=1S/C18H13N3OS/c19-9-17(18(22)16-6-7-23-13-16)8-15-10-20-21(12-15)11-14-4-2-1-3-5-14/h1-8,10,12-13H,11H2/b17-8-. The van der Waals surface area contributed by atoms with Crippen molar-refractivity contribution in [3.63, 3.8) is 0 Å². The molecule has 1 aromatic carbocycles. The summed E-state index contributed by atoms with van der Waals surface area (Å²) in [5, 5.41) is 17.1. The van der Waals surface area contributed by atoms with Crippen LogP contribution in [0.4, 0.5) is 0 Å². The van der Waals surface area contributed by atoms with Crippen molar-refractivity contribution >= 4 is 23.2 Å². The summed E-state index contributed by atoms with van der Waals surface area (Å²) in [6, 6.07) is 13.7. The van der Waals surface area contributed by atoms with Crippen molar-refractivity contribution in [2.75, 3.05) is 0 Å². The lowest BCUT2D eigenvalue weighted by Crippen LogP contribution is -2.00. The Morgan fingerprint density at radius 1 is 1.30 bits per heavy atom. The highest BCUT2D eigenvalue weighted by molar-refractivity contribution is 7.08. The molecule has 0 unspecified atom stereocenters. The Morgan fingerprint density at radius 3 is 2.83 bits per heavy atom. The summed E-state index contributed by atoms with van der Waals surface area (Å²) in [4.78, 5) is 12.2. The van der Waals surface area contributed by atoms with Gasteiger partial charge in [-0.05, 0) is 23.1 Å². The van der Waals surface area contributed by atoms with Crippen LogP contribution in [0.2, 0.25) is 0 Å². The summed E-state index contributed by atoms with van der Waals surface area (Å²) in [6.07, 6.45) is 5.06. The zero-order chi connectivity index (χ0) is 16.1. The molecular formula is C18H13N3OS. The number of hydrogen-bond donors (Lipinski definition) is 0. The van der Waals surface area contributed by atoms with Crippen molar-refractivity contribution in [1.82, 2.24) is 9.78 Å². The lowest BCUT2D eigenvalue weighted by atomic mass is 10.1. The summed E-state index contributed by atoms with van der Waals surface area (Å²) >= 11 is 1.43. The molecule has 2 heterocycles. The molecule has 3 rings (SSSR count). The Morgan fingerprint density at radius 2 is 2.13 bits per heavy atom. The van der Waals surface area contributed by atoms with E-state index in [1.165, 1.54) is 11.3 Å². The van der Waals surface area contributed by atoms with E-state index in [4.69, 9.17) is 0 Å². The number of hydrogen-bond acceptors (Lipinski definition) is 4. The maximum absolute atomic E-state index is 12.2. The van der Waals surface area contributed by atoms with Crippen LogP contribution in [0.15, 0.2) is 65.1 Å². The van der Waals surface area contributed by atoms with E-state index in [9.17, 15) is 10.1 Å². The molecule has 3 aromatic rings. The number of rotatable bonds is 5. The molecule has 0 amide bonds. The normalized spacial score (nSPS) is 11.2. The molecule has 0 radical (unpaired) electrons. The van der Waals surface area contributed by atoms with Crippen molar-refractivity contribution in [3.8, 4) is 6.07 Å². The number of carbonyl (C=O) groups excluding carboxylic acids is 1. The van der Waals surface area contributed by atoms with Gasteiger partial charge in [-0.3, -0.25) is 9.48 Å². The van der Waals surface area contributed by atoms with Gasteiger partial charge >= 0.3 is 0 Å². The molecule has 0 bridgehead atoms. The van der Waals surface area contributed by atoms with Crippen molar-refractivity contribution < 1.29 is 4.79 Å². The molecule has 112 valence electrons. The molecule has 0 aliphatic carbocycles. The lowest BCUT2D eigenvalue weighted by molar-refractivity contribution is 0.104. The van der Waals surface area contributed by atoms with Crippen molar-refractivity contribution in [2.45, 2.75) is 6.54 Å². The third kappa shape index (κ3) is 3.62. The molecule has 0 spiro atoms. The second-order valence-electron chi connectivity index (χ2n) is 4.97. The maximum Gasteiger partial charge on any atom is 0.204 e. The highest BCUT2D eigenvalue weighted by Crippen LogP contribution is 2.15. The minimum Gasteiger partial charge on any atom is -0.288 e. The topological polar surface area (TPSA) is 58.7 Å². The van der Waals surface area contributed by atoms with Gasteiger partial charge in [0.15, 0.2) is 0 Å². The molecule has 0 saturated carbocycles. The number of carbonyl (C=O) groups is 1. The second-order valence-corrected chi connectivity index (χ2v) is 5.75. The minimum absolute atomic E-state index is 0.114. The second kappa shape index (κ2) is 6.86. The maximum atomic E-state index is 12.2. The van der Waals surface area contributed by atoms with Gasteiger partial charge in [-0.2, -0.15) is 21.7 Å². The summed E-state index contributed by atoms with van der Waals surface area (Å²) in [7, 11) is 0. The van der Waals surface area contributed by atoms with Crippen LogP contribution >= 0.6 is 11.3 Å². The first-order valence-electron chi connectivity index (χ1n) is 7.01. The van der Waals surface area contributed by atoms with Gasteiger partial charge in [-0.15, -0.1) is 0 Å². The van der Waals surface area contributed by atoms with Gasteiger partial charge in [-0.25, -0.2) is 0 Å². The first-order chi connectivity index (χ1) is 11.3. The Balaban J connectivity index is 1.79. The largest absolute Gasteiger partial charge is 0.288 e. The average molecular weight is 319 g/mol. The fraction of sp³-hybridized carbons (Fsp3) is 0.0556. The Kier molecular flexibility index (Phi) is 4.46. The highest BCUT2D eigenvalue weighted by Gasteiger charge is 2.12. The molecule has 0 atom stereocenters. The molecular weight excluding hydrogens is 306 g/mol. The molecule has 0 aliphatic heterocycles. The molecule has 0 fully saturated rings. The molecule has 0 N–H and O–H groups in total. The Bertz CT molecular complexity index is 871. The number of nitrogens with zero attached hydrogens (tertiary/aromatic N) is 3. The molecule has 0 aliphatic rings. The highest BCUT2D eigenvalue weighted by atomic mass is 32.1. The monoisotopic (exact) mass is 319 g/mol. The van der Waals surface area contributed by atoms with E-state index in [1.54, 1.807) is 28.4 Å². The summed E-state index contributed by atoms with van der Waals surface area (Å²) < 4.78 is 1.78. The number of benzene rings is 1. The first-order valence-corrected chi connectivity index (χ1v) is 7.95. The van der Waals surface area contributed by atoms with E-state index in [1.807, 2.05) is 48.0 Å². The van der Waals surface area contributed by atoms with E-state index in [0.717, 1.165) is 11.1 Å². The number of aromatic nitrogens is 2. The van der Waals surface area contributed by atoms with Gasteiger partial charge in [0, 0.05) is 22.7 Å². The summed E-state index contributed by atoms with van der Waals surface area (Å²) in [5.41, 5.74) is 2.53. The number of thiophene rings is 1. The molecule has 23 heavy (non-hydrogen) atoms. The Labute approximate surface area is 137 Å². The van der Waals surface area contributed by atoms with Crippen LogP contribution in [0.5, 0.6) is 0 Å². The Hall–Kier alpha value is -2.97. The van der Waals surface area contributed by atoms with Gasteiger partial charge in [0.05, 0.1) is 12.7 Å². The van der Waals surface area contributed by atoms with Gasteiger partial charge in [-0.1, -0.05) is 30.3 Å². The summed E-state index contributed by atoms with van der Waals surface area (Å²) in [5.74, 6) is -0.260. The minimum atomic E-state index is -0.260. The average Bonchev–Trinajstić information content (AvgIpc) is 3.25. The number of ketones is 1. The fourth-order valence-electron chi connectivity index (χ4n) is 2.18. The smallest absolute Gasteiger partial charge is 0.204 e. The predicted octanol–water partition coefficient (Wildman–Crippen LogP) is 3.78. The van der Waals surface area contributed by atoms with E-state index < -0.39 is 0 Å². The molecule has 2 aromatic heterocycles. The quantitative estimate of drug-likeness (QED) is 0.408. The van der Waals surface area contributed by atoms with Crippen LogP contribution in [0.1, 0.15) is 21.5 Å². The van der Waals surface area contributed by atoms with Crippen molar-refractivity contribution in [2.24, 2.45) is 0 Å². The van der Waals surface area contributed by atoms with Crippen LogP contribution in [-0.2, 0) is 6.54 Å². The van der Waals surface area contributed by atoms with Crippen LogP contribution < -0.4 is 0 Å². The molecule has 0 saturated heterocycles. The third-order valence-corrected chi connectivity index (χ3v) is 3.98. The van der Waals surface area contributed by atoms with Gasteiger partial charge < -0.3 is 0 Å².